The number of nitrogens with zero attached hydrogens (tertiary/aromatic N) is 2. The van der Waals surface area contributed by atoms with Crippen LogP contribution in [0, 0.1) is 5.41 Å². The molecule has 0 bridgehead atoms. The molecule has 1 aromatic heterocycles. The number of pyridine rings is 1. The van der Waals surface area contributed by atoms with Crippen molar-refractivity contribution in [2.75, 3.05) is 20.2 Å². The molecule has 0 unspecified atom stereocenters. The van der Waals surface area contributed by atoms with E-state index in [-0.39, 0.29) is 11.9 Å². The van der Waals surface area contributed by atoms with Gasteiger partial charge in [-0.3, -0.25) is 14.7 Å². The number of nitrogens with one attached hydrogen (secondary N) is 1. The number of para-hydroxylation sites is 1. The Morgan fingerprint density at radius 2 is 1.88 bits per heavy atom. The second kappa shape index (κ2) is 10.2. The molecule has 2 aromatic carbocycles. The highest BCUT2D eigenvalue weighted by atomic mass is 16.5. The molecule has 1 aliphatic rings. The predicted octanol–water partition coefficient (Wildman–Crippen LogP) is 4.72. The van der Waals surface area contributed by atoms with Crippen molar-refractivity contribution in [3.63, 3.8) is 0 Å². The zero-order valence-corrected chi connectivity index (χ0v) is 19.8. The lowest BCUT2D eigenvalue weighted by molar-refractivity contribution is -0.131. The molecule has 1 aliphatic heterocycles. The number of likely N-dealkylation sites (tertiary alicyclic amines) is 1. The quantitative estimate of drug-likeness (QED) is 0.548. The Hall–Kier alpha value is -3.18. The van der Waals surface area contributed by atoms with Gasteiger partial charge < -0.3 is 10.1 Å². The van der Waals surface area contributed by atoms with Crippen molar-refractivity contribution in [2.45, 2.75) is 39.3 Å². The van der Waals surface area contributed by atoms with Crippen LogP contribution in [0.1, 0.15) is 31.4 Å². The number of ether oxygens (including phenoxy) is 1. The molecular weight excluding hydrogens is 410 g/mol. The highest BCUT2D eigenvalue weighted by Gasteiger charge is 2.44. The lowest BCUT2D eigenvalue weighted by Crippen LogP contribution is -2.46. The molecule has 2 heterocycles. The maximum Gasteiger partial charge on any atom is 0.228 e. The fourth-order valence-corrected chi connectivity index (χ4v) is 4.74. The van der Waals surface area contributed by atoms with Crippen molar-refractivity contribution >= 4 is 5.91 Å². The van der Waals surface area contributed by atoms with E-state index in [9.17, 15) is 4.79 Å². The summed E-state index contributed by atoms with van der Waals surface area (Å²) >= 11 is 0. The van der Waals surface area contributed by atoms with Gasteiger partial charge in [-0.25, -0.2) is 0 Å². The van der Waals surface area contributed by atoms with E-state index >= 15 is 0 Å². The number of aromatic nitrogens is 1. The number of carbonyl (C=O) groups is 1. The van der Waals surface area contributed by atoms with E-state index in [0.29, 0.717) is 0 Å². The first-order valence-corrected chi connectivity index (χ1v) is 11.6. The van der Waals surface area contributed by atoms with Gasteiger partial charge >= 0.3 is 0 Å². The van der Waals surface area contributed by atoms with Crippen molar-refractivity contribution in [2.24, 2.45) is 5.41 Å². The summed E-state index contributed by atoms with van der Waals surface area (Å²) in [6.45, 7) is 6.51. The smallest absolute Gasteiger partial charge is 0.228 e. The molecule has 5 nitrogen and oxygen atoms in total. The Kier molecular flexibility index (Phi) is 7.09. The van der Waals surface area contributed by atoms with Gasteiger partial charge in [-0.2, -0.15) is 0 Å². The van der Waals surface area contributed by atoms with Crippen LogP contribution >= 0.6 is 0 Å². The molecule has 172 valence electrons. The van der Waals surface area contributed by atoms with Crippen molar-refractivity contribution in [1.82, 2.24) is 15.2 Å². The van der Waals surface area contributed by atoms with Crippen LogP contribution in [0.4, 0.5) is 0 Å². The standard InChI is InChI=1S/C28H33N3O2/c1-21(2)30-27(32)28(14-16-31(20-28)19-23-7-6-15-29-18-23)17-22-10-12-24(13-11-22)25-8-4-5-9-26(25)33-3/h4-13,15,18,21H,14,16-17,19-20H2,1-3H3,(H,30,32)/t28-/m1/s1. The Bertz CT molecular complexity index is 1070. The van der Waals surface area contributed by atoms with Crippen LogP contribution in [0.2, 0.25) is 0 Å². The van der Waals surface area contributed by atoms with Crippen LogP contribution < -0.4 is 10.1 Å². The van der Waals surface area contributed by atoms with Gasteiger partial charge in [-0.05, 0) is 62.1 Å². The maximum absolute atomic E-state index is 13.4. The number of hydrogen-bond acceptors (Lipinski definition) is 4. The summed E-state index contributed by atoms with van der Waals surface area (Å²) in [7, 11) is 1.70. The van der Waals surface area contributed by atoms with Gasteiger partial charge in [0.1, 0.15) is 5.75 Å². The third kappa shape index (κ3) is 5.42. The molecule has 0 radical (unpaired) electrons. The predicted molar refractivity (Wildman–Crippen MR) is 132 cm³/mol. The van der Waals surface area contributed by atoms with Crippen molar-refractivity contribution in [3.8, 4) is 16.9 Å². The molecule has 0 saturated carbocycles. The zero-order valence-electron chi connectivity index (χ0n) is 19.8. The van der Waals surface area contributed by atoms with E-state index in [0.717, 1.165) is 49.4 Å². The van der Waals surface area contributed by atoms with E-state index in [1.807, 2.05) is 44.3 Å². The molecule has 0 spiro atoms. The Morgan fingerprint density at radius 1 is 1.09 bits per heavy atom. The number of amides is 1. The van der Waals surface area contributed by atoms with Crippen LogP contribution in [0.15, 0.2) is 73.1 Å². The van der Waals surface area contributed by atoms with E-state index in [2.05, 4.69) is 51.6 Å². The fourth-order valence-electron chi connectivity index (χ4n) is 4.74. The Labute approximate surface area is 196 Å². The molecule has 0 aliphatic carbocycles. The molecule has 5 heteroatoms. The van der Waals surface area contributed by atoms with Crippen LogP contribution in [0.25, 0.3) is 11.1 Å². The zero-order chi connectivity index (χ0) is 23.3. The minimum absolute atomic E-state index is 0.120. The average molecular weight is 444 g/mol. The van der Waals surface area contributed by atoms with E-state index in [1.165, 1.54) is 11.1 Å². The van der Waals surface area contributed by atoms with Gasteiger partial charge in [-0.1, -0.05) is 48.5 Å². The molecule has 33 heavy (non-hydrogen) atoms. The number of rotatable bonds is 8. The van der Waals surface area contributed by atoms with Gasteiger partial charge in [-0.15, -0.1) is 0 Å². The SMILES string of the molecule is COc1ccccc1-c1ccc(C[C@]2(C(=O)NC(C)C)CCN(Cc3cccnc3)C2)cc1. The van der Waals surface area contributed by atoms with Crippen LogP contribution in [0.3, 0.4) is 0 Å². The first-order valence-electron chi connectivity index (χ1n) is 11.6. The Balaban J connectivity index is 1.54. The molecule has 4 rings (SSSR count). The average Bonchev–Trinajstić information content (AvgIpc) is 3.23. The third-order valence-corrected chi connectivity index (χ3v) is 6.38. The van der Waals surface area contributed by atoms with E-state index < -0.39 is 5.41 Å². The number of hydrogen-bond donors (Lipinski definition) is 1. The van der Waals surface area contributed by atoms with Gasteiger partial charge in [0.25, 0.3) is 0 Å². The first-order chi connectivity index (χ1) is 16.0. The van der Waals surface area contributed by atoms with Crippen LogP contribution in [0.5, 0.6) is 5.75 Å². The summed E-state index contributed by atoms with van der Waals surface area (Å²) in [5, 5.41) is 3.19. The van der Waals surface area contributed by atoms with E-state index in [1.54, 1.807) is 13.3 Å². The van der Waals surface area contributed by atoms with E-state index in [4.69, 9.17) is 4.74 Å². The lowest BCUT2D eigenvalue weighted by atomic mass is 9.79. The first kappa shape index (κ1) is 23.0. The summed E-state index contributed by atoms with van der Waals surface area (Å²) in [5.41, 5.74) is 4.11. The molecule has 1 saturated heterocycles. The van der Waals surface area contributed by atoms with Crippen molar-refractivity contribution < 1.29 is 9.53 Å². The third-order valence-electron chi connectivity index (χ3n) is 6.38. The fraction of sp³-hybridized carbons (Fsp3) is 0.357. The van der Waals surface area contributed by atoms with Crippen LogP contribution in [-0.4, -0.2) is 42.0 Å². The van der Waals surface area contributed by atoms with Crippen molar-refractivity contribution in [1.29, 1.82) is 0 Å². The molecule has 1 fully saturated rings. The molecule has 1 atom stereocenters. The number of carbonyl (C=O) groups excluding carboxylic acids is 1. The summed E-state index contributed by atoms with van der Waals surface area (Å²) in [6, 6.07) is 20.8. The molecule has 3 aromatic rings. The minimum atomic E-state index is -0.432. The monoisotopic (exact) mass is 443 g/mol. The second-order valence-electron chi connectivity index (χ2n) is 9.30. The largest absolute Gasteiger partial charge is 0.496 e. The normalized spacial score (nSPS) is 18.4. The highest BCUT2D eigenvalue weighted by molar-refractivity contribution is 5.84. The summed E-state index contributed by atoms with van der Waals surface area (Å²) in [5.74, 6) is 1.01. The second-order valence-corrected chi connectivity index (χ2v) is 9.30. The minimum Gasteiger partial charge on any atom is -0.496 e. The molecular formula is C28H33N3O2. The summed E-state index contributed by atoms with van der Waals surface area (Å²) in [6.07, 6.45) is 5.27. The van der Waals surface area contributed by atoms with Gasteiger partial charge in [0.2, 0.25) is 5.91 Å². The van der Waals surface area contributed by atoms with Crippen molar-refractivity contribution in [3.05, 3.63) is 84.2 Å². The summed E-state index contributed by atoms with van der Waals surface area (Å²) < 4.78 is 5.52. The van der Waals surface area contributed by atoms with Crippen LogP contribution in [-0.2, 0) is 17.8 Å². The lowest BCUT2D eigenvalue weighted by Gasteiger charge is -2.30. The van der Waals surface area contributed by atoms with Gasteiger partial charge in [0, 0.05) is 37.1 Å². The summed E-state index contributed by atoms with van der Waals surface area (Å²) in [4.78, 5) is 20.0. The van der Waals surface area contributed by atoms with Gasteiger partial charge in [0.05, 0.1) is 12.5 Å². The molecule has 1 amide bonds. The topological polar surface area (TPSA) is 54.5 Å². The van der Waals surface area contributed by atoms with Gasteiger partial charge in [0.15, 0.2) is 0 Å². The Morgan fingerprint density at radius 3 is 2.58 bits per heavy atom. The number of benzene rings is 2. The highest BCUT2D eigenvalue weighted by Crippen LogP contribution is 2.37. The maximum atomic E-state index is 13.4. The number of methoxy groups -OCH3 is 1. The molecule has 1 N–H and O–H groups in total.